The lowest BCUT2D eigenvalue weighted by Crippen LogP contribution is -2.53. The van der Waals surface area contributed by atoms with Gasteiger partial charge < -0.3 is 15.1 Å². The Morgan fingerprint density at radius 3 is 2.90 bits per heavy atom. The Balaban J connectivity index is 1.89. The van der Waals surface area contributed by atoms with E-state index in [1.54, 1.807) is 6.07 Å². The minimum absolute atomic E-state index is 0.0830. The van der Waals surface area contributed by atoms with E-state index < -0.39 is 9.84 Å². The second-order valence-corrected chi connectivity index (χ2v) is 7.03. The molecule has 1 aliphatic heterocycles. The van der Waals surface area contributed by atoms with Crippen LogP contribution in [0.5, 0.6) is 0 Å². The van der Waals surface area contributed by atoms with Crippen LogP contribution in [0.3, 0.4) is 0 Å². The van der Waals surface area contributed by atoms with E-state index in [4.69, 9.17) is 4.42 Å². The van der Waals surface area contributed by atoms with Crippen LogP contribution in [0.4, 0.5) is 0 Å². The highest BCUT2D eigenvalue weighted by atomic mass is 32.2. The predicted molar refractivity (Wildman–Crippen MR) is 75.6 cm³/mol. The summed E-state index contributed by atoms with van der Waals surface area (Å²) in [5, 5.41) is 5.85. The number of nitrogens with zero attached hydrogens (tertiary/aromatic N) is 1. The van der Waals surface area contributed by atoms with Gasteiger partial charge in [0.05, 0.1) is 10.9 Å². The van der Waals surface area contributed by atoms with Gasteiger partial charge in [-0.1, -0.05) is 0 Å². The highest BCUT2D eigenvalue weighted by molar-refractivity contribution is 7.90. The first-order valence-corrected chi connectivity index (χ1v) is 8.43. The standard InChI is InChI=1S/C13H15N3O4S/c1-21(18,19)8-2-3-11-9(6-8)16-12(20-11)7-10-13(17)15-5-4-14-10/h2-3,6,10,14H,4-5,7H2,1H3,(H,15,17). The van der Waals surface area contributed by atoms with E-state index in [0.29, 0.717) is 36.5 Å². The summed E-state index contributed by atoms with van der Waals surface area (Å²) in [6.07, 6.45) is 1.47. The smallest absolute Gasteiger partial charge is 0.237 e. The van der Waals surface area contributed by atoms with E-state index in [-0.39, 0.29) is 16.8 Å². The van der Waals surface area contributed by atoms with Crippen LogP contribution in [0.1, 0.15) is 5.89 Å². The number of nitrogens with one attached hydrogen (secondary N) is 2. The molecule has 0 spiro atoms. The second kappa shape index (κ2) is 5.12. The third kappa shape index (κ3) is 2.91. The molecule has 1 aromatic heterocycles. The molecule has 0 saturated carbocycles. The van der Waals surface area contributed by atoms with Crippen molar-refractivity contribution in [1.29, 1.82) is 0 Å². The molecule has 1 fully saturated rings. The number of aromatic nitrogens is 1. The molecule has 0 bridgehead atoms. The van der Waals surface area contributed by atoms with Crippen molar-refractivity contribution in [2.75, 3.05) is 19.3 Å². The van der Waals surface area contributed by atoms with Crippen LogP contribution < -0.4 is 10.6 Å². The Kier molecular flexibility index (Phi) is 3.42. The Labute approximate surface area is 121 Å². The van der Waals surface area contributed by atoms with Crippen molar-refractivity contribution in [3.05, 3.63) is 24.1 Å². The summed E-state index contributed by atoms with van der Waals surface area (Å²) in [6, 6.07) is 4.17. The quantitative estimate of drug-likeness (QED) is 0.818. The molecule has 112 valence electrons. The largest absolute Gasteiger partial charge is 0.441 e. The Morgan fingerprint density at radius 2 is 2.19 bits per heavy atom. The van der Waals surface area contributed by atoms with Gasteiger partial charge in [0.1, 0.15) is 5.52 Å². The van der Waals surface area contributed by atoms with E-state index >= 15 is 0 Å². The van der Waals surface area contributed by atoms with Gasteiger partial charge >= 0.3 is 0 Å². The van der Waals surface area contributed by atoms with Crippen molar-refractivity contribution in [3.8, 4) is 0 Å². The number of oxazole rings is 1. The SMILES string of the molecule is CS(=O)(=O)c1ccc2oc(CC3NCCNC3=O)nc2c1. The van der Waals surface area contributed by atoms with Gasteiger partial charge in [-0.15, -0.1) is 0 Å². The highest BCUT2D eigenvalue weighted by Crippen LogP contribution is 2.20. The molecule has 0 aliphatic carbocycles. The van der Waals surface area contributed by atoms with Crippen LogP contribution in [0.2, 0.25) is 0 Å². The number of piperazine rings is 1. The van der Waals surface area contributed by atoms with Crippen molar-refractivity contribution < 1.29 is 17.6 Å². The lowest BCUT2D eigenvalue weighted by Gasteiger charge is -2.22. The summed E-state index contributed by atoms with van der Waals surface area (Å²) in [7, 11) is -3.28. The summed E-state index contributed by atoms with van der Waals surface area (Å²) < 4.78 is 28.6. The van der Waals surface area contributed by atoms with Crippen molar-refractivity contribution in [3.63, 3.8) is 0 Å². The summed E-state index contributed by atoms with van der Waals surface area (Å²) in [5.74, 6) is 0.325. The van der Waals surface area contributed by atoms with E-state index in [9.17, 15) is 13.2 Å². The second-order valence-electron chi connectivity index (χ2n) is 5.01. The number of rotatable bonds is 3. The lowest BCUT2D eigenvalue weighted by atomic mass is 10.1. The fourth-order valence-electron chi connectivity index (χ4n) is 2.26. The zero-order valence-corrected chi connectivity index (χ0v) is 12.2. The Morgan fingerprint density at radius 1 is 1.38 bits per heavy atom. The van der Waals surface area contributed by atoms with E-state index in [1.165, 1.54) is 12.1 Å². The molecule has 3 rings (SSSR count). The van der Waals surface area contributed by atoms with Gasteiger partial charge in [0.15, 0.2) is 21.3 Å². The molecule has 1 atom stereocenters. The third-order valence-electron chi connectivity index (χ3n) is 3.34. The van der Waals surface area contributed by atoms with Crippen molar-refractivity contribution in [2.45, 2.75) is 17.4 Å². The number of benzene rings is 1. The van der Waals surface area contributed by atoms with Gasteiger partial charge in [-0.2, -0.15) is 0 Å². The average Bonchev–Trinajstić information content (AvgIpc) is 2.81. The van der Waals surface area contributed by atoms with Crippen LogP contribution in [0.15, 0.2) is 27.5 Å². The summed E-state index contributed by atoms with van der Waals surface area (Å²) in [5.41, 5.74) is 0.984. The molecule has 1 aromatic carbocycles. The van der Waals surface area contributed by atoms with Crippen LogP contribution in [-0.2, 0) is 21.1 Å². The molecule has 2 heterocycles. The molecule has 1 amide bonds. The first kappa shape index (κ1) is 14.0. The molecule has 1 unspecified atom stereocenters. The van der Waals surface area contributed by atoms with Crippen LogP contribution >= 0.6 is 0 Å². The number of carbonyl (C=O) groups excluding carboxylic acids is 1. The number of amides is 1. The maximum Gasteiger partial charge on any atom is 0.237 e. The highest BCUT2D eigenvalue weighted by Gasteiger charge is 2.24. The number of hydrogen-bond acceptors (Lipinski definition) is 6. The Hall–Kier alpha value is -1.93. The summed E-state index contributed by atoms with van der Waals surface area (Å²) in [6.45, 7) is 1.31. The van der Waals surface area contributed by atoms with E-state index in [1.807, 2.05) is 0 Å². The fraction of sp³-hybridized carbons (Fsp3) is 0.385. The topological polar surface area (TPSA) is 101 Å². The van der Waals surface area contributed by atoms with Crippen LogP contribution in [0.25, 0.3) is 11.1 Å². The predicted octanol–water partition coefficient (Wildman–Crippen LogP) is -0.138. The van der Waals surface area contributed by atoms with Gasteiger partial charge in [-0.3, -0.25) is 4.79 Å². The molecule has 0 radical (unpaired) electrons. The summed E-state index contributed by atoms with van der Waals surface area (Å²) in [4.78, 5) is 16.1. The zero-order valence-electron chi connectivity index (χ0n) is 11.4. The average molecular weight is 309 g/mol. The molecule has 21 heavy (non-hydrogen) atoms. The fourth-order valence-corrected chi connectivity index (χ4v) is 2.90. The number of sulfone groups is 1. The monoisotopic (exact) mass is 309 g/mol. The third-order valence-corrected chi connectivity index (χ3v) is 4.45. The van der Waals surface area contributed by atoms with E-state index in [0.717, 1.165) is 6.26 Å². The molecule has 2 N–H and O–H groups in total. The lowest BCUT2D eigenvalue weighted by molar-refractivity contribution is -0.124. The molecule has 8 heteroatoms. The first-order chi connectivity index (χ1) is 9.93. The minimum atomic E-state index is -3.28. The molecular weight excluding hydrogens is 294 g/mol. The first-order valence-electron chi connectivity index (χ1n) is 6.54. The van der Waals surface area contributed by atoms with Crippen molar-refractivity contribution >= 4 is 26.8 Å². The van der Waals surface area contributed by atoms with Crippen LogP contribution in [0, 0.1) is 0 Å². The van der Waals surface area contributed by atoms with Crippen LogP contribution in [-0.4, -0.2) is 44.7 Å². The van der Waals surface area contributed by atoms with Gasteiger partial charge in [-0.25, -0.2) is 13.4 Å². The zero-order chi connectivity index (χ0) is 15.0. The molecule has 1 aliphatic rings. The maximum atomic E-state index is 11.7. The molecule has 2 aromatic rings. The van der Waals surface area contributed by atoms with Crippen molar-refractivity contribution in [1.82, 2.24) is 15.6 Å². The number of fused-ring (bicyclic) bond motifs is 1. The minimum Gasteiger partial charge on any atom is -0.441 e. The normalized spacial score (nSPS) is 19.7. The van der Waals surface area contributed by atoms with Gasteiger partial charge in [0.25, 0.3) is 0 Å². The summed E-state index contributed by atoms with van der Waals surface area (Å²) >= 11 is 0. The van der Waals surface area contributed by atoms with E-state index in [2.05, 4.69) is 15.6 Å². The van der Waals surface area contributed by atoms with Gasteiger partial charge in [0.2, 0.25) is 5.91 Å². The molecule has 7 nitrogen and oxygen atoms in total. The molecule has 1 saturated heterocycles. The van der Waals surface area contributed by atoms with Gasteiger partial charge in [-0.05, 0) is 18.2 Å². The van der Waals surface area contributed by atoms with Gasteiger partial charge in [0, 0.05) is 25.8 Å². The molecular formula is C13H15N3O4S. The number of hydrogen-bond donors (Lipinski definition) is 2. The van der Waals surface area contributed by atoms with Crippen molar-refractivity contribution in [2.24, 2.45) is 0 Å². The number of carbonyl (C=O) groups is 1. The maximum absolute atomic E-state index is 11.7. The Bertz CT molecular complexity index is 797.